The van der Waals surface area contributed by atoms with Crippen LogP contribution in [0.15, 0.2) is 18.2 Å². The summed E-state index contributed by atoms with van der Waals surface area (Å²) in [5.74, 6) is 0.0847. The Balaban J connectivity index is 1.87. The van der Waals surface area contributed by atoms with E-state index in [4.69, 9.17) is 4.74 Å². The Bertz CT molecular complexity index is 374. The van der Waals surface area contributed by atoms with Crippen molar-refractivity contribution >= 4 is 0 Å². The van der Waals surface area contributed by atoms with E-state index in [9.17, 15) is 4.39 Å². The zero-order valence-corrected chi connectivity index (χ0v) is 10.5. The molecule has 1 aliphatic rings. The van der Waals surface area contributed by atoms with Crippen LogP contribution in [-0.2, 0) is 6.42 Å². The lowest BCUT2D eigenvalue weighted by atomic mass is 10.1. The summed E-state index contributed by atoms with van der Waals surface area (Å²) in [5, 5.41) is 3.42. The van der Waals surface area contributed by atoms with Crippen LogP contribution in [0.3, 0.4) is 0 Å². The highest BCUT2D eigenvalue weighted by molar-refractivity contribution is 5.29. The zero-order chi connectivity index (χ0) is 12.3. The van der Waals surface area contributed by atoms with Crippen molar-refractivity contribution in [1.29, 1.82) is 0 Å². The molecule has 2 nitrogen and oxygen atoms in total. The Morgan fingerprint density at radius 1 is 1.41 bits per heavy atom. The van der Waals surface area contributed by atoms with Crippen LogP contribution >= 0.6 is 0 Å². The van der Waals surface area contributed by atoms with Gasteiger partial charge in [-0.15, -0.1) is 0 Å². The summed E-state index contributed by atoms with van der Waals surface area (Å²) in [6, 6.07) is 5.95. The van der Waals surface area contributed by atoms with Gasteiger partial charge in [0.15, 0.2) is 11.6 Å². The van der Waals surface area contributed by atoms with E-state index in [2.05, 4.69) is 5.32 Å². The molecule has 0 spiro atoms. The smallest absolute Gasteiger partial charge is 0.165 e. The van der Waals surface area contributed by atoms with Crippen molar-refractivity contribution in [2.24, 2.45) is 0 Å². The van der Waals surface area contributed by atoms with Crippen LogP contribution in [0.1, 0.15) is 32.3 Å². The van der Waals surface area contributed by atoms with Crippen molar-refractivity contribution in [3.63, 3.8) is 0 Å². The number of benzene rings is 1. The molecule has 3 heteroatoms. The van der Waals surface area contributed by atoms with Gasteiger partial charge in [0.05, 0.1) is 6.10 Å². The number of nitrogens with one attached hydrogen (secondary N) is 1. The number of halogens is 1. The summed E-state index contributed by atoms with van der Waals surface area (Å²) in [7, 11) is 0. The van der Waals surface area contributed by atoms with Crippen LogP contribution in [-0.4, -0.2) is 18.7 Å². The minimum atomic E-state index is -0.261. The summed E-state index contributed by atoms with van der Waals surface area (Å²) in [6.45, 7) is 4.72. The standard InChI is InChI=1S/C14H20FNO/c1-10(2)17-14-6-3-11(9-13(14)15)7-8-16-12-4-5-12/h3,6,9-10,12,16H,4-5,7-8H2,1-2H3. The summed E-state index contributed by atoms with van der Waals surface area (Å²) in [4.78, 5) is 0. The Kier molecular flexibility index (Phi) is 4.00. The molecule has 0 amide bonds. The maximum absolute atomic E-state index is 13.7. The molecule has 0 bridgehead atoms. The van der Waals surface area contributed by atoms with E-state index in [1.54, 1.807) is 12.1 Å². The molecule has 2 rings (SSSR count). The molecule has 0 unspecified atom stereocenters. The van der Waals surface area contributed by atoms with Crippen molar-refractivity contribution in [2.45, 2.75) is 45.3 Å². The molecule has 1 aliphatic carbocycles. The summed E-state index contributed by atoms with van der Waals surface area (Å²) in [6.07, 6.45) is 3.45. The summed E-state index contributed by atoms with van der Waals surface area (Å²) in [5.41, 5.74) is 1.02. The van der Waals surface area contributed by atoms with Crippen molar-refractivity contribution in [3.05, 3.63) is 29.6 Å². The molecule has 1 fully saturated rings. The Morgan fingerprint density at radius 2 is 2.18 bits per heavy atom. The molecule has 1 saturated carbocycles. The first-order valence-corrected chi connectivity index (χ1v) is 6.33. The average Bonchev–Trinajstić information content (AvgIpc) is 3.05. The third-order valence-electron chi connectivity index (χ3n) is 2.78. The maximum atomic E-state index is 13.7. The van der Waals surface area contributed by atoms with Crippen molar-refractivity contribution in [3.8, 4) is 5.75 Å². The number of ether oxygens (including phenoxy) is 1. The Morgan fingerprint density at radius 3 is 2.76 bits per heavy atom. The van der Waals surface area contributed by atoms with Crippen LogP contribution < -0.4 is 10.1 Å². The lowest BCUT2D eigenvalue weighted by Crippen LogP contribution is -2.19. The number of hydrogen-bond donors (Lipinski definition) is 1. The van der Waals surface area contributed by atoms with Crippen LogP contribution in [0.4, 0.5) is 4.39 Å². The first kappa shape index (κ1) is 12.4. The van der Waals surface area contributed by atoms with E-state index in [-0.39, 0.29) is 11.9 Å². The van der Waals surface area contributed by atoms with Gasteiger partial charge in [0.1, 0.15) is 0 Å². The molecule has 0 heterocycles. The third kappa shape index (κ3) is 4.00. The first-order valence-electron chi connectivity index (χ1n) is 6.33. The minimum absolute atomic E-state index is 0.00637. The van der Waals surface area contributed by atoms with Gasteiger partial charge in [0, 0.05) is 6.04 Å². The highest BCUT2D eigenvalue weighted by Gasteiger charge is 2.19. The fourth-order valence-electron chi connectivity index (χ4n) is 1.76. The van der Waals surface area contributed by atoms with Crippen LogP contribution in [0.25, 0.3) is 0 Å². The molecule has 0 radical (unpaired) electrons. The zero-order valence-electron chi connectivity index (χ0n) is 10.5. The molecule has 17 heavy (non-hydrogen) atoms. The minimum Gasteiger partial charge on any atom is -0.488 e. The molecule has 0 atom stereocenters. The quantitative estimate of drug-likeness (QED) is 0.821. The lowest BCUT2D eigenvalue weighted by molar-refractivity contribution is 0.231. The van der Waals surface area contributed by atoms with E-state index >= 15 is 0 Å². The SMILES string of the molecule is CC(C)Oc1ccc(CCNC2CC2)cc1F. The predicted octanol–water partition coefficient (Wildman–Crippen LogP) is 2.91. The molecule has 0 aromatic heterocycles. The van der Waals surface area contributed by atoms with Crippen molar-refractivity contribution in [2.75, 3.05) is 6.54 Å². The summed E-state index contributed by atoms with van der Waals surface area (Å²) < 4.78 is 19.0. The molecule has 0 saturated heterocycles. The van der Waals surface area contributed by atoms with Crippen LogP contribution in [0.5, 0.6) is 5.75 Å². The average molecular weight is 237 g/mol. The molecule has 1 N–H and O–H groups in total. The van der Waals surface area contributed by atoms with Gasteiger partial charge in [0.25, 0.3) is 0 Å². The molecular formula is C14H20FNO. The second-order valence-electron chi connectivity index (χ2n) is 4.91. The van der Waals surface area contributed by atoms with Crippen LogP contribution in [0.2, 0.25) is 0 Å². The van der Waals surface area contributed by atoms with Gasteiger partial charge < -0.3 is 10.1 Å². The number of hydrogen-bond acceptors (Lipinski definition) is 2. The van der Waals surface area contributed by atoms with E-state index in [1.165, 1.54) is 12.8 Å². The fraction of sp³-hybridized carbons (Fsp3) is 0.571. The normalized spacial score (nSPS) is 15.3. The van der Waals surface area contributed by atoms with Gasteiger partial charge in [-0.3, -0.25) is 0 Å². The van der Waals surface area contributed by atoms with Gasteiger partial charge in [0.2, 0.25) is 0 Å². The van der Waals surface area contributed by atoms with Gasteiger partial charge in [-0.2, -0.15) is 0 Å². The van der Waals surface area contributed by atoms with E-state index in [1.807, 2.05) is 19.9 Å². The predicted molar refractivity (Wildman–Crippen MR) is 66.9 cm³/mol. The van der Waals surface area contributed by atoms with E-state index < -0.39 is 0 Å². The molecule has 1 aromatic carbocycles. The van der Waals surface area contributed by atoms with E-state index in [0.29, 0.717) is 11.8 Å². The van der Waals surface area contributed by atoms with Crippen LogP contribution in [0, 0.1) is 5.82 Å². The lowest BCUT2D eigenvalue weighted by Gasteiger charge is -2.11. The molecule has 94 valence electrons. The fourth-order valence-corrected chi connectivity index (χ4v) is 1.76. The van der Waals surface area contributed by atoms with Gasteiger partial charge in [-0.25, -0.2) is 4.39 Å². The first-order chi connectivity index (χ1) is 8.15. The molecular weight excluding hydrogens is 217 g/mol. The number of rotatable bonds is 6. The highest BCUT2D eigenvalue weighted by atomic mass is 19.1. The van der Waals surface area contributed by atoms with Gasteiger partial charge in [-0.05, 0) is 57.4 Å². The second kappa shape index (κ2) is 5.50. The molecule has 0 aliphatic heterocycles. The van der Waals surface area contributed by atoms with E-state index in [0.717, 1.165) is 18.5 Å². The maximum Gasteiger partial charge on any atom is 0.165 e. The second-order valence-corrected chi connectivity index (χ2v) is 4.91. The monoisotopic (exact) mass is 237 g/mol. The summed E-state index contributed by atoms with van der Waals surface area (Å²) >= 11 is 0. The Labute approximate surface area is 102 Å². The topological polar surface area (TPSA) is 21.3 Å². The van der Waals surface area contributed by atoms with Crippen molar-refractivity contribution in [1.82, 2.24) is 5.32 Å². The molecule has 1 aromatic rings. The largest absolute Gasteiger partial charge is 0.488 e. The van der Waals surface area contributed by atoms with Gasteiger partial charge in [-0.1, -0.05) is 6.07 Å². The Hall–Kier alpha value is -1.09. The van der Waals surface area contributed by atoms with Crippen molar-refractivity contribution < 1.29 is 9.13 Å². The highest BCUT2D eigenvalue weighted by Crippen LogP contribution is 2.21. The van der Waals surface area contributed by atoms with Gasteiger partial charge >= 0.3 is 0 Å². The third-order valence-corrected chi connectivity index (χ3v) is 2.78.